The molecule has 2 nitrogen and oxygen atoms in total. The van der Waals surface area contributed by atoms with Crippen LogP contribution in [-0.2, 0) is 0 Å². The van der Waals surface area contributed by atoms with E-state index in [0.29, 0.717) is 10.6 Å². The molecule has 0 amide bonds. The second kappa shape index (κ2) is 6.63. The summed E-state index contributed by atoms with van der Waals surface area (Å²) in [5.74, 6) is -0.418. The first-order valence-corrected chi connectivity index (χ1v) is 8.48. The molecule has 1 aliphatic heterocycles. The van der Waals surface area contributed by atoms with Crippen LogP contribution in [0.15, 0.2) is 29.0 Å². The van der Waals surface area contributed by atoms with Crippen LogP contribution in [0, 0.1) is 5.82 Å². The Morgan fingerprint density at radius 1 is 1.14 bits per heavy atom. The zero-order valence-electron chi connectivity index (χ0n) is 11.3. The zero-order chi connectivity index (χ0) is 14.8. The lowest BCUT2D eigenvalue weighted by atomic mass is 9.98. The van der Waals surface area contributed by atoms with Gasteiger partial charge in [-0.05, 0) is 34.5 Å². The molecule has 1 aliphatic rings. The summed E-state index contributed by atoms with van der Waals surface area (Å²) in [7, 11) is 0. The lowest BCUT2D eigenvalue weighted by Crippen LogP contribution is -2.45. The maximum absolute atomic E-state index is 14.6. The number of hydrogen-bond donors (Lipinski definition) is 1. The Bertz CT molecular complexity index is 612. The summed E-state index contributed by atoms with van der Waals surface area (Å²) in [5, 5.41) is 7.90. The van der Waals surface area contributed by atoms with Crippen LogP contribution in [-0.4, -0.2) is 31.1 Å². The topological polar surface area (TPSA) is 15.3 Å². The predicted molar refractivity (Wildman–Crippen MR) is 87.0 cm³/mol. The molecule has 0 aliphatic carbocycles. The molecular weight excluding hydrogens is 330 g/mol. The van der Waals surface area contributed by atoms with Crippen molar-refractivity contribution in [2.75, 3.05) is 26.2 Å². The van der Waals surface area contributed by atoms with Gasteiger partial charge in [0.2, 0.25) is 0 Å². The highest BCUT2D eigenvalue weighted by atomic mass is 35.5. The smallest absolute Gasteiger partial charge is 0.148 e. The van der Waals surface area contributed by atoms with Crippen LogP contribution in [0.1, 0.15) is 17.2 Å². The van der Waals surface area contributed by atoms with Crippen molar-refractivity contribution >= 4 is 34.5 Å². The molecule has 1 fully saturated rings. The number of nitrogens with zero attached hydrogens (tertiary/aromatic N) is 1. The molecule has 3 rings (SSSR count). The third-order valence-electron chi connectivity index (χ3n) is 3.73. The van der Waals surface area contributed by atoms with Gasteiger partial charge in [-0.3, -0.25) is 4.90 Å². The number of nitrogens with one attached hydrogen (secondary N) is 1. The molecule has 2 heterocycles. The monoisotopic (exact) mass is 344 g/mol. The van der Waals surface area contributed by atoms with E-state index in [1.54, 1.807) is 17.4 Å². The van der Waals surface area contributed by atoms with E-state index in [1.165, 1.54) is 6.07 Å². The van der Waals surface area contributed by atoms with Crippen molar-refractivity contribution in [1.82, 2.24) is 10.2 Å². The second-order valence-corrected chi connectivity index (χ2v) is 6.60. The van der Waals surface area contributed by atoms with Gasteiger partial charge in [0.05, 0.1) is 11.1 Å². The average molecular weight is 345 g/mol. The molecule has 1 aromatic heterocycles. The van der Waals surface area contributed by atoms with E-state index in [2.05, 4.69) is 10.2 Å². The van der Waals surface area contributed by atoms with E-state index >= 15 is 0 Å². The lowest BCUT2D eigenvalue weighted by Gasteiger charge is -2.35. The number of benzene rings is 1. The third kappa shape index (κ3) is 3.10. The Morgan fingerprint density at radius 2 is 1.86 bits per heavy atom. The highest BCUT2D eigenvalue weighted by Gasteiger charge is 2.29. The van der Waals surface area contributed by atoms with E-state index in [4.69, 9.17) is 23.2 Å². The molecule has 0 spiro atoms. The molecule has 1 atom stereocenters. The molecule has 0 bridgehead atoms. The minimum absolute atomic E-state index is 0.116. The summed E-state index contributed by atoms with van der Waals surface area (Å²) in [4.78, 5) is 2.25. The van der Waals surface area contributed by atoms with Crippen LogP contribution >= 0.6 is 34.5 Å². The van der Waals surface area contributed by atoms with Gasteiger partial charge in [-0.25, -0.2) is 4.39 Å². The number of piperazine rings is 1. The van der Waals surface area contributed by atoms with Gasteiger partial charge < -0.3 is 5.32 Å². The van der Waals surface area contributed by atoms with Crippen molar-refractivity contribution in [3.63, 3.8) is 0 Å². The highest BCUT2D eigenvalue weighted by molar-refractivity contribution is 7.08. The molecule has 1 saturated heterocycles. The van der Waals surface area contributed by atoms with Crippen LogP contribution in [0.4, 0.5) is 4.39 Å². The maximum Gasteiger partial charge on any atom is 0.148 e. The van der Waals surface area contributed by atoms with Crippen LogP contribution in [0.3, 0.4) is 0 Å². The van der Waals surface area contributed by atoms with E-state index < -0.39 is 5.82 Å². The Kier molecular flexibility index (Phi) is 4.82. The van der Waals surface area contributed by atoms with Crippen molar-refractivity contribution in [1.29, 1.82) is 0 Å². The van der Waals surface area contributed by atoms with Crippen LogP contribution in [0.2, 0.25) is 10.0 Å². The van der Waals surface area contributed by atoms with E-state index in [9.17, 15) is 4.39 Å². The summed E-state index contributed by atoms with van der Waals surface area (Å²) >= 11 is 13.9. The van der Waals surface area contributed by atoms with E-state index in [1.807, 2.05) is 16.8 Å². The highest BCUT2D eigenvalue weighted by Crippen LogP contribution is 2.38. The fraction of sp³-hybridized carbons (Fsp3) is 0.333. The Balaban J connectivity index is 2.09. The minimum Gasteiger partial charge on any atom is -0.314 e. The second-order valence-electron chi connectivity index (χ2n) is 5.00. The van der Waals surface area contributed by atoms with E-state index in [-0.39, 0.29) is 11.1 Å². The van der Waals surface area contributed by atoms with Crippen molar-refractivity contribution in [2.24, 2.45) is 0 Å². The molecule has 0 radical (unpaired) electrons. The van der Waals surface area contributed by atoms with Gasteiger partial charge in [-0.2, -0.15) is 11.3 Å². The molecule has 1 aromatic carbocycles. The molecular formula is C15H15Cl2FN2S. The predicted octanol–water partition coefficient (Wildman–Crippen LogP) is 4.19. The first-order chi connectivity index (χ1) is 10.2. The van der Waals surface area contributed by atoms with Gasteiger partial charge in [0.1, 0.15) is 5.82 Å². The Labute approximate surface area is 137 Å². The van der Waals surface area contributed by atoms with Crippen molar-refractivity contribution in [3.05, 3.63) is 55.9 Å². The van der Waals surface area contributed by atoms with Crippen LogP contribution in [0.25, 0.3) is 0 Å². The molecule has 2 aromatic rings. The molecule has 0 saturated carbocycles. The van der Waals surface area contributed by atoms with Crippen molar-refractivity contribution < 1.29 is 4.39 Å². The molecule has 21 heavy (non-hydrogen) atoms. The molecule has 6 heteroatoms. The number of hydrogen-bond acceptors (Lipinski definition) is 3. The quantitative estimate of drug-likeness (QED) is 0.840. The average Bonchev–Trinajstić information content (AvgIpc) is 3.02. The summed E-state index contributed by atoms with van der Waals surface area (Å²) in [6, 6.07) is 5.01. The van der Waals surface area contributed by atoms with Gasteiger partial charge in [0.25, 0.3) is 0 Å². The Morgan fingerprint density at radius 3 is 2.52 bits per heavy atom. The van der Waals surface area contributed by atoms with Gasteiger partial charge in [0, 0.05) is 36.8 Å². The molecule has 0 unspecified atom stereocenters. The zero-order valence-corrected chi connectivity index (χ0v) is 13.6. The maximum atomic E-state index is 14.6. The summed E-state index contributed by atoms with van der Waals surface area (Å²) < 4.78 is 14.6. The van der Waals surface area contributed by atoms with Gasteiger partial charge in [-0.15, -0.1) is 0 Å². The fourth-order valence-electron chi connectivity index (χ4n) is 2.72. The first kappa shape index (κ1) is 15.3. The summed E-state index contributed by atoms with van der Waals surface area (Å²) in [6.07, 6.45) is 0. The normalized spacial score (nSPS) is 17.9. The Hall–Kier alpha value is -0.650. The largest absolute Gasteiger partial charge is 0.314 e. The molecule has 1 N–H and O–H groups in total. The SMILES string of the molecule is Fc1c(Cl)ccc(Cl)c1[C@@H](c1ccsc1)N1CCNCC1. The van der Waals surface area contributed by atoms with Crippen molar-refractivity contribution in [3.8, 4) is 0 Å². The van der Waals surface area contributed by atoms with Gasteiger partial charge in [-0.1, -0.05) is 23.2 Å². The first-order valence-electron chi connectivity index (χ1n) is 6.78. The van der Waals surface area contributed by atoms with Crippen LogP contribution < -0.4 is 5.32 Å². The van der Waals surface area contributed by atoms with Gasteiger partial charge >= 0.3 is 0 Å². The van der Waals surface area contributed by atoms with Crippen LogP contribution in [0.5, 0.6) is 0 Å². The summed E-state index contributed by atoms with van der Waals surface area (Å²) in [5.41, 5.74) is 1.54. The number of thiophene rings is 1. The number of rotatable bonds is 3. The van der Waals surface area contributed by atoms with Crippen molar-refractivity contribution in [2.45, 2.75) is 6.04 Å². The fourth-order valence-corrected chi connectivity index (χ4v) is 3.82. The minimum atomic E-state index is -0.418. The molecule has 112 valence electrons. The third-order valence-corrected chi connectivity index (χ3v) is 5.05. The summed E-state index contributed by atoms with van der Waals surface area (Å²) in [6.45, 7) is 3.48. The number of halogens is 3. The lowest BCUT2D eigenvalue weighted by molar-refractivity contribution is 0.196. The standard InChI is InChI=1S/C15H15Cl2FN2S/c16-11-1-2-12(17)14(18)13(11)15(10-3-8-21-9-10)20-6-4-19-5-7-20/h1-3,8-9,15,19H,4-7H2/t15-/m1/s1. The van der Waals surface area contributed by atoms with Gasteiger partial charge in [0.15, 0.2) is 0 Å². The van der Waals surface area contributed by atoms with E-state index in [0.717, 1.165) is 31.7 Å².